The summed E-state index contributed by atoms with van der Waals surface area (Å²) in [6.45, 7) is 17.2. The molecule has 5 aliphatic carbocycles. The Morgan fingerprint density at radius 3 is 0.838 bits per heavy atom. The van der Waals surface area contributed by atoms with Crippen LogP contribution in [-0.2, 0) is 43.7 Å². The van der Waals surface area contributed by atoms with Crippen molar-refractivity contribution in [2.75, 3.05) is 0 Å². The van der Waals surface area contributed by atoms with E-state index in [0.29, 0.717) is 0 Å². The summed E-state index contributed by atoms with van der Waals surface area (Å²) in [7, 11) is -1.97. The predicted octanol–water partition coefficient (Wildman–Crippen LogP) is 10.8. The van der Waals surface area contributed by atoms with Gasteiger partial charge < -0.3 is 10.6 Å². The summed E-state index contributed by atoms with van der Waals surface area (Å²) in [5, 5.41) is 11.9. The molecule has 0 aromatic heterocycles. The van der Waals surface area contributed by atoms with E-state index in [9.17, 15) is 9.59 Å². The summed E-state index contributed by atoms with van der Waals surface area (Å²) in [5.41, 5.74) is 11.9. The smallest absolute Gasteiger partial charge is 0.351 e. The van der Waals surface area contributed by atoms with E-state index in [1.807, 2.05) is 89.9 Å². The first-order chi connectivity index (χ1) is 31.8. The number of benzene rings is 4. The number of rotatable bonds is 10. The molecule has 2 N–H and O–H groups in total. The quantitative estimate of drug-likeness (QED) is 0.123. The zero-order chi connectivity index (χ0) is 46.7. The maximum absolute atomic E-state index is 14.4. The molecule has 5 fully saturated rings. The van der Waals surface area contributed by atoms with Gasteiger partial charge in [-0.2, -0.15) is 0 Å². The van der Waals surface area contributed by atoms with Gasteiger partial charge in [0.05, 0.1) is 11.8 Å². The molecule has 4 aromatic rings. The fourth-order valence-electron chi connectivity index (χ4n) is 9.38. The van der Waals surface area contributed by atoms with Gasteiger partial charge in [-0.05, 0) is 208 Å². The molecule has 0 heterocycles. The van der Waals surface area contributed by atoms with E-state index >= 15 is 0 Å². The molecule has 0 spiro atoms. The van der Waals surface area contributed by atoms with Gasteiger partial charge in [0.2, 0.25) is 11.8 Å². The maximum atomic E-state index is 14.4. The third-order valence-electron chi connectivity index (χ3n) is 11.9. The van der Waals surface area contributed by atoms with Crippen molar-refractivity contribution >= 4 is 48.9 Å². The topological polar surface area (TPSA) is 58.2 Å². The first kappa shape index (κ1) is 56.6. The minimum Gasteiger partial charge on any atom is -0.351 e. The number of aryl methyl sites for hydroxylation is 8. The van der Waals surface area contributed by atoms with Crippen molar-refractivity contribution in [3.8, 4) is 0 Å². The van der Waals surface area contributed by atoms with Crippen LogP contribution in [0.25, 0.3) is 0 Å². The van der Waals surface area contributed by atoms with Crippen LogP contribution in [-0.4, -0.2) is 23.9 Å². The van der Waals surface area contributed by atoms with E-state index in [1.165, 1.54) is 65.7 Å². The summed E-state index contributed by atoms with van der Waals surface area (Å²) < 4.78 is 0. The molecule has 68 heavy (non-hydrogen) atoms. The van der Waals surface area contributed by atoms with Gasteiger partial charge in [-0.15, -0.1) is 0 Å². The molecule has 4 nitrogen and oxygen atoms in total. The Hall–Kier alpha value is -2.28. The number of nitrogens with one attached hydrogen (secondary N) is 2. The molecule has 2 atom stereocenters. The minimum atomic E-state index is -0.986. The van der Waals surface area contributed by atoms with E-state index in [1.54, 1.807) is 0 Å². The van der Waals surface area contributed by atoms with Gasteiger partial charge in [0.15, 0.2) is 0 Å². The first-order valence-corrected chi connectivity index (χ1v) is 25.9. The van der Waals surface area contributed by atoms with Crippen LogP contribution < -0.4 is 31.9 Å². The van der Waals surface area contributed by atoms with Gasteiger partial charge in [0, 0.05) is 23.4 Å². The molecular weight excluding hydrogens is 954 g/mol. The van der Waals surface area contributed by atoms with Crippen LogP contribution in [0.4, 0.5) is 0 Å². The maximum Gasteiger partial charge on any atom is 2.00 e. The van der Waals surface area contributed by atoms with Gasteiger partial charge in [-0.25, -0.2) is 0 Å². The molecule has 9 rings (SSSR count). The number of amides is 2. The molecule has 0 unspecified atom stereocenters. The molecule has 0 aliphatic heterocycles. The van der Waals surface area contributed by atoms with Crippen molar-refractivity contribution in [2.45, 2.75) is 93.2 Å². The van der Waals surface area contributed by atoms with Crippen molar-refractivity contribution in [2.24, 2.45) is 0 Å². The summed E-state index contributed by atoms with van der Waals surface area (Å²) in [4.78, 5) is 28.9. The molecular formula is C60H64Fe2N2O2P2+4. The molecule has 0 bridgehead atoms. The third-order valence-corrected chi connectivity index (χ3v) is 16.8. The van der Waals surface area contributed by atoms with Gasteiger partial charge in [-0.1, -0.05) is 130 Å². The molecule has 5 aliphatic rings. The monoisotopic (exact) mass is 1020 g/mol. The number of carbonyl (C=O) groups is 2. The van der Waals surface area contributed by atoms with Crippen LogP contribution in [0, 0.1) is 181 Å². The second-order valence-electron chi connectivity index (χ2n) is 18.1. The normalized spacial score (nSPS) is 20.0. The van der Waals surface area contributed by atoms with E-state index < -0.39 is 15.8 Å². The number of hydrogen-bond acceptors (Lipinski definition) is 2. The van der Waals surface area contributed by atoms with Gasteiger partial charge in [0.1, 0.15) is 0 Å². The zero-order valence-electron chi connectivity index (χ0n) is 40.6. The van der Waals surface area contributed by atoms with Crippen molar-refractivity contribution in [3.05, 3.63) is 243 Å². The van der Waals surface area contributed by atoms with Crippen molar-refractivity contribution in [1.82, 2.24) is 10.6 Å². The molecule has 20 radical (unpaired) electrons. The predicted molar refractivity (Wildman–Crippen MR) is 280 cm³/mol. The minimum absolute atomic E-state index is 0. The fraction of sp³-hybridized carbons (Fsp3) is 0.233. The zero-order valence-corrected chi connectivity index (χ0v) is 44.6. The number of hydrogen-bond donors (Lipinski definition) is 2. The summed E-state index contributed by atoms with van der Waals surface area (Å²) in [5.74, 6) is 1.30. The molecule has 8 heteroatoms. The molecule has 4 aromatic carbocycles. The second-order valence-corrected chi connectivity index (χ2v) is 22.4. The van der Waals surface area contributed by atoms with Crippen LogP contribution in [0.15, 0.2) is 72.8 Å². The van der Waals surface area contributed by atoms with Crippen LogP contribution in [0.5, 0.6) is 0 Å². The fourth-order valence-corrected chi connectivity index (χ4v) is 15.1. The van der Waals surface area contributed by atoms with Crippen LogP contribution in [0.3, 0.4) is 0 Å². The standard InChI is InChI=1S/C50H54N2O2P2.2C5H5.2Fe/c1-31-19-32(2)24-39(23-31)55(40-25-33(3)20-34(4)26-40)47-17-11-13-43(47)49(53)51-45-15-9-10-16-46(45)52-50(54)44-14-12-18-48(44)56(41-27-35(5)21-36(6)28-41)42-29-37(7)22-38(8)30-42;2*1-2-4-5-3-1;;/h11-14,17-30,45-46H,9-10,15-16H2,1-8H3,(H,51,53)(H,52,54);2*1-5H;;/q;;;2*+2/t45-,46-;;;;/m0..../s1. The van der Waals surface area contributed by atoms with Gasteiger partial charge in [0.25, 0.3) is 0 Å². The van der Waals surface area contributed by atoms with Crippen molar-refractivity contribution in [1.29, 1.82) is 0 Å². The van der Waals surface area contributed by atoms with E-state index in [2.05, 4.69) is 152 Å². The molecule has 0 saturated heterocycles. The van der Waals surface area contributed by atoms with E-state index in [4.69, 9.17) is 0 Å². The first-order valence-electron chi connectivity index (χ1n) is 23.2. The SMILES string of the molecule is Cc1cc(C)cc(P([C]2[CH][CH][CH][C]2C(=O)N[C@H]2CCCC[C@@H]2NC(=O)[C]2[CH][CH][CH][C]2P(c2cc(C)cc(C)c2)c2cc(C)cc(C)c2)c2cc(C)cc(C)c2)c1.[CH]1[CH][CH][CH][CH]1.[CH]1[CH][CH][CH][CH]1.[Fe+2].[Fe+2]. The molecule has 348 valence electrons. The second kappa shape index (κ2) is 27.5. The molecule has 2 amide bonds. The van der Waals surface area contributed by atoms with E-state index in [-0.39, 0.29) is 58.0 Å². The Labute approximate surface area is 436 Å². The van der Waals surface area contributed by atoms with E-state index in [0.717, 1.165) is 48.8 Å². The van der Waals surface area contributed by atoms with Gasteiger partial charge >= 0.3 is 34.1 Å². The van der Waals surface area contributed by atoms with Crippen molar-refractivity contribution in [3.63, 3.8) is 0 Å². The Bertz CT molecular complexity index is 1900. The molecule has 5 saturated carbocycles. The Morgan fingerprint density at radius 1 is 0.368 bits per heavy atom. The van der Waals surface area contributed by atoms with Crippen LogP contribution in [0.2, 0.25) is 0 Å². The van der Waals surface area contributed by atoms with Gasteiger partial charge in [-0.3, -0.25) is 9.59 Å². The summed E-state index contributed by atoms with van der Waals surface area (Å²) in [6, 6.07) is 26.7. The summed E-state index contributed by atoms with van der Waals surface area (Å²) in [6.07, 6.45) is 35.9. The van der Waals surface area contributed by atoms with Crippen LogP contribution >= 0.6 is 15.8 Å². The Morgan fingerprint density at radius 2 is 0.603 bits per heavy atom. The Kier molecular flexibility index (Phi) is 22.9. The van der Waals surface area contributed by atoms with Crippen LogP contribution in [0.1, 0.15) is 70.2 Å². The van der Waals surface area contributed by atoms with Crippen molar-refractivity contribution < 1.29 is 43.7 Å². The number of carbonyl (C=O) groups excluding carboxylic acids is 2. The average Bonchev–Trinajstić information content (AvgIpc) is 4.11. The third kappa shape index (κ3) is 15.6. The Balaban J connectivity index is 0.000000639. The largest absolute Gasteiger partial charge is 2.00 e. The average molecular weight is 1020 g/mol. The summed E-state index contributed by atoms with van der Waals surface area (Å²) >= 11 is 0.